The number of thioether (sulfide) groups is 1. The zero-order valence-electron chi connectivity index (χ0n) is 21.3. The van der Waals surface area contributed by atoms with E-state index in [1.807, 2.05) is 24.3 Å². The van der Waals surface area contributed by atoms with Crippen LogP contribution in [0.25, 0.3) is 22.8 Å². The number of hydrogen-bond donors (Lipinski definition) is 3. The van der Waals surface area contributed by atoms with Crippen molar-refractivity contribution in [1.82, 2.24) is 40.3 Å². The van der Waals surface area contributed by atoms with E-state index in [0.29, 0.717) is 27.3 Å². The van der Waals surface area contributed by atoms with Crippen LogP contribution in [0, 0.1) is 16.4 Å². The first-order valence-corrected chi connectivity index (χ1v) is 14.6. The normalized spacial score (nSPS) is 10.2. The molecule has 0 fully saturated rings. The minimum absolute atomic E-state index is 0.181. The molecule has 6 rings (SSSR count). The molecule has 4 heterocycles. The molecular formula is C28H23BrF2N8S2. The van der Waals surface area contributed by atoms with E-state index in [1.165, 1.54) is 36.0 Å². The van der Waals surface area contributed by atoms with Gasteiger partial charge in [0.25, 0.3) is 0 Å². The van der Waals surface area contributed by atoms with Crippen molar-refractivity contribution in [2.24, 2.45) is 0 Å². The lowest BCUT2D eigenvalue weighted by atomic mass is 10.2. The molecule has 8 nitrogen and oxygen atoms in total. The van der Waals surface area contributed by atoms with E-state index in [1.54, 1.807) is 49.1 Å². The number of benzene rings is 2. The minimum atomic E-state index is -0.226. The van der Waals surface area contributed by atoms with Crippen LogP contribution in [0.1, 0.15) is 11.1 Å². The number of aromatic nitrogens is 8. The Labute approximate surface area is 252 Å². The third-order valence-corrected chi connectivity index (χ3v) is 6.94. The minimum Gasteiger partial charge on any atom is -0.282 e. The monoisotopic (exact) mass is 652 g/mol. The highest BCUT2D eigenvalue weighted by Crippen LogP contribution is 2.22. The van der Waals surface area contributed by atoms with E-state index in [4.69, 9.17) is 12.2 Å². The first-order chi connectivity index (χ1) is 20.0. The predicted molar refractivity (Wildman–Crippen MR) is 162 cm³/mol. The standard InChI is InChI=1S/C14H11FN4S.C7H6BrF.C7H6N4S/c15-12-5-3-10(4-6-12)9-20-14-17-13(18-19-14)11-2-1-7-16-8-11;8-5-6-1-3-7(9)4-2-6;12-7-9-6(10-11-7)5-2-1-3-8-4-5/h1-8H,9H2,(H,17,18,19);1-4H,5H2;1-4H,(H2,9,10,11,12). The molecule has 0 aliphatic heterocycles. The van der Waals surface area contributed by atoms with Gasteiger partial charge in [-0.2, -0.15) is 4.98 Å². The summed E-state index contributed by atoms with van der Waals surface area (Å²) in [7, 11) is 0. The van der Waals surface area contributed by atoms with E-state index in [0.717, 1.165) is 27.6 Å². The van der Waals surface area contributed by atoms with Crippen molar-refractivity contribution >= 4 is 39.9 Å². The van der Waals surface area contributed by atoms with Crippen LogP contribution in [0.15, 0.2) is 103 Å². The number of nitrogens with one attached hydrogen (secondary N) is 3. The molecule has 0 aliphatic carbocycles. The third kappa shape index (κ3) is 9.81. The van der Waals surface area contributed by atoms with Crippen molar-refractivity contribution in [1.29, 1.82) is 0 Å². The molecule has 0 unspecified atom stereocenters. The van der Waals surface area contributed by atoms with E-state index in [2.05, 4.69) is 56.3 Å². The zero-order valence-corrected chi connectivity index (χ0v) is 24.6. The van der Waals surface area contributed by atoms with Gasteiger partial charge in [0, 0.05) is 47.0 Å². The maximum atomic E-state index is 12.8. The molecule has 6 aromatic rings. The van der Waals surface area contributed by atoms with Crippen LogP contribution >= 0.6 is 39.9 Å². The number of nitrogens with zero attached hydrogens (tertiary/aromatic N) is 5. The number of rotatable bonds is 6. The molecule has 208 valence electrons. The van der Waals surface area contributed by atoms with Crippen LogP contribution in [0.4, 0.5) is 8.78 Å². The maximum Gasteiger partial charge on any atom is 0.213 e. The first-order valence-electron chi connectivity index (χ1n) is 12.1. The molecule has 0 bridgehead atoms. The molecule has 0 saturated carbocycles. The molecule has 0 amide bonds. The van der Waals surface area contributed by atoms with Crippen LogP contribution in [0.3, 0.4) is 0 Å². The summed E-state index contributed by atoms with van der Waals surface area (Å²) in [6.07, 6.45) is 6.88. The number of pyridine rings is 2. The van der Waals surface area contributed by atoms with Gasteiger partial charge in [0.15, 0.2) is 11.6 Å². The molecule has 0 atom stereocenters. The van der Waals surface area contributed by atoms with E-state index in [9.17, 15) is 8.78 Å². The van der Waals surface area contributed by atoms with Gasteiger partial charge < -0.3 is 0 Å². The highest BCUT2D eigenvalue weighted by molar-refractivity contribution is 9.08. The summed E-state index contributed by atoms with van der Waals surface area (Å²) in [5.41, 5.74) is 3.94. The smallest absolute Gasteiger partial charge is 0.213 e. The highest BCUT2D eigenvalue weighted by atomic mass is 79.9. The SMILES string of the molecule is Fc1ccc(CBr)cc1.Fc1ccc(CSc2n[nH]c(-c3cccnc3)n2)cc1.S=c1nc(-c2cccnc2)[nH][nH]1. The van der Waals surface area contributed by atoms with E-state index >= 15 is 0 Å². The second-order valence-corrected chi connectivity index (χ2v) is 10.0. The quantitative estimate of drug-likeness (QED) is 0.0967. The Bertz CT molecular complexity index is 1660. The third-order valence-electron chi connectivity index (χ3n) is 5.18. The Morgan fingerprint density at radius 2 is 1.32 bits per heavy atom. The van der Waals surface area contributed by atoms with Crippen molar-refractivity contribution in [3.63, 3.8) is 0 Å². The Balaban J connectivity index is 0.000000156. The summed E-state index contributed by atoms with van der Waals surface area (Å²) in [5, 5.41) is 14.0. The Kier molecular flexibility index (Phi) is 11.4. The van der Waals surface area contributed by atoms with Crippen molar-refractivity contribution in [2.45, 2.75) is 16.2 Å². The van der Waals surface area contributed by atoms with Crippen LogP contribution in [-0.2, 0) is 11.1 Å². The van der Waals surface area contributed by atoms with Gasteiger partial charge >= 0.3 is 0 Å². The number of aromatic amines is 3. The molecule has 4 aromatic heterocycles. The summed E-state index contributed by atoms with van der Waals surface area (Å²) >= 11 is 9.57. The van der Waals surface area contributed by atoms with Gasteiger partial charge in [-0.1, -0.05) is 52.0 Å². The van der Waals surface area contributed by atoms with Crippen molar-refractivity contribution < 1.29 is 8.78 Å². The fraction of sp³-hybridized carbons (Fsp3) is 0.0714. The average Bonchev–Trinajstić information content (AvgIpc) is 3.68. The maximum absolute atomic E-state index is 12.8. The van der Waals surface area contributed by atoms with Crippen molar-refractivity contribution in [3.8, 4) is 22.8 Å². The summed E-state index contributed by atoms with van der Waals surface area (Å²) in [5.74, 6) is 1.70. The fourth-order valence-electron chi connectivity index (χ4n) is 3.15. The van der Waals surface area contributed by atoms with Gasteiger partial charge in [-0.3, -0.25) is 25.3 Å². The number of hydrogen-bond acceptors (Lipinski definition) is 7. The number of H-pyrrole nitrogens is 3. The topological polar surface area (TPSA) is 112 Å². The molecule has 0 saturated heterocycles. The number of halogens is 3. The molecular weight excluding hydrogens is 630 g/mol. The lowest BCUT2D eigenvalue weighted by Gasteiger charge is -1.97. The summed E-state index contributed by atoms with van der Waals surface area (Å²) in [4.78, 5) is 16.4. The molecule has 0 radical (unpaired) electrons. The van der Waals surface area contributed by atoms with Gasteiger partial charge in [-0.05, 0) is 71.9 Å². The van der Waals surface area contributed by atoms with Crippen molar-refractivity contribution in [3.05, 3.63) is 125 Å². The molecule has 41 heavy (non-hydrogen) atoms. The number of alkyl halides is 1. The Morgan fingerprint density at radius 3 is 1.83 bits per heavy atom. The van der Waals surface area contributed by atoms with Crippen LogP contribution in [-0.4, -0.2) is 40.3 Å². The lowest BCUT2D eigenvalue weighted by Crippen LogP contribution is -1.83. The van der Waals surface area contributed by atoms with Gasteiger partial charge in [-0.15, -0.1) is 5.10 Å². The van der Waals surface area contributed by atoms with E-state index in [-0.39, 0.29) is 11.6 Å². The summed E-state index contributed by atoms with van der Waals surface area (Å²) in [6.45, 7) is 0. The van der Waals surface area contributed by atoms with Gasteiger partial charge in [0.05, 0.1) is 0 Å². The first kappa shape index (κ1) is 29.9. The Morgan fingerprint density at radius 1 is 0.732 bits per heavy atom. The van der Waals surface area contributed by atoms with Crippen LogP contribution in [0.5, 0.6) is 0 Å². The van der Waals surface area contributed by atoms with Gasteiger partial charge in [-0.25, -0.2) is 13.8 Å². The second-order valence-electron chi connectivity index (χ2n) is 8.14. The predicted octanol–water partition coefficient (Wildman–Crippen LogP) is 7.55. The van der Waals surface area contributed by atoms with Crippen molar-refractivity contribution in [2.75, 3.05) is 0 Å². The van der Waals surface area contributed by atoms with E-state index < -0.39 is 0 Å². The summed E-state index contributed by atoms with van der Waals surface area (Å²) in [6, 6.07) is 20.4. The van der Waals surface area contributed by atoms with Crippen LogP contribution < -0.4 is 0 Å². The van der Waals surface area contributed by atoms with Crippen LogP contribution in [0.2, 0.25) is 0 Å². The largest absolute Gasteiger partial charge is 0.282 e. The zero-order chi connectivity index (χ0) is 28.9. The second kappa shape index (κ2) is 15.6. The molecule has 3 N–H and O–H groups in total. The van der Waals surface area contributed by atoms with Gasteiger partial charge in [0.1, 0.15) is 11.6 Å². The molecule has 0 aliphatic rings. The summed E-state index contributed by atoms with van der Waals surface area (Å²) < 4.78 is 25.5. The molecule has 13 heteroatoms. The highest BCUT2D eigenvalue weighted by Gasteiger charge is 2.06. The fourth-order valence-corrected chi connectivity index (χ4v) is 4.42. The molecule has 0 spiro atoms. The average molecular weight is 654 g/mol. The lowest BCUT2D eigenvalue weighted by molar-refractivity contribution is 0.627. The van der Waals surface area contributed by atoms with Gasteiger partial charge in [0.2, 0.25) is 9.93 Å². The Hall–Kier alpha value is -4.07. The molecule has 2 aromatic carbocycles.